The second-order valence-corrected chi connectivity index (χ2v) is 8.44. The Morgan fingerprint density at radius 1 is 0.808 bits per heavy atom. The molecule has 3 aromatic rings. The normalized spacial score (nSPS) is 12.1. The van der Waals surface area contributed by atoms with Gasteiger partial charge in [-0.25, -0.2) is 4.57 Å². The number of hydrogen-bond acceptors (Lipinski definition) is 0. The van der Waals surface area contributed by atoms with Crippen LogP contribution < -0.4 is 4.57 Å². The minimum atomic E-state index is 0.479. The van der Waals surface area contributed by atoms with Gasteiger partial charge in [0, 0.05) is 18.1 Å². The Morgan fingerprint density at radius 3 is 1.85 bits per heavy atom. The lowest BCUT2D eigenvalue weighted by atomic mass is 9.87. The standard InChI is InChI=1S/C24H33N2/c1-15(2)19-13-20(16(3)4)24(21(14-19)17(5)6)26-18(7)25(8)22-11-9-10-12-23(22)26/h9-17H,1-8H3/q+1. The van der Waals surface area contributed by atoms with Crippen molar-refractivity contribution in [3.8, 4) is 5.69 Å². The first-order chi connectivity index (χ1) is 12.2. The molecule has 0 fully saturated rings. The third kappa shape index (κ3) is 2.96. The number of imidazole rings is 1. The summed E-state index contributed by atoms with van der Waals surface area (Å²) < 4.78 is 4.78. The van der Waals surface area contributed by atoms with Crippen LogP contribution in [0, 0.1) is 6.92 Å². The van der Waals surface area contributed by atoms with Crippen LogP contribution in [0.5, 0.6) is 0 Å². The third-order valence-corrected chi connectivity index (χ3v) is 5.62. The fraction of sp³-hybridized carbons (Fsp3) is 0.458. The SMILES string of the molecule is Cc1n(-c2c(C(C)C)cc(C(C)C)cc2C(C)C)c2ccccc2[n+]1C. The number of rotatable bonds is 4. The van der Waals surface area contributed by atoms with E-state index in [1.54, 1.807) is 0 Å². The van der Waals surface area contributed by atoms with Gasteiger partial charge in [0.1, 0.15) is 5.69 Å². The molecule has 2 heteroatoms. The van der Waals surface area contributed by atoms with Crippen LogP contribution in [-0.2, 0) is 7.05 Å². The van der Waals surface area contributed by atoms with E-state index < -0.39 is 0 Å². The van der Waals surface area contributed by atoms with Crippen LogP contribution in [0.25, 0.3) is 16.7 Å². The maximum Gasteiger partial charge on any atom is 0.259 e. The Bertz CT molecular complexity index is 913. The Labute approximate surface area is 158 Å². The van der Waals surface area contributed by atoms with Gasteiger partial charge in [-0.1, -0.05) is 65.8 Å². The van der Waals surface area contributed by atoms with E-state index in [4.69, 9.17) is 0 Å². The van der Waals surface area contributed by atoms with Crippen molar-refractivity contribution in [1.82, 2.24) is 4.57 Å². The Kier molecular flexibility index (Phi) is 4.96. The third-order valence-electron chi connectivity index (χ3n) is 5.62. The molecule has 0 bridgehead atoms. The number of nitrogens with zero attached hydrogens (tertiary/aromatic N) is 2. The van der Waals surface area contributed by atoms with Crippen molar-refractivity contribution in [2.75, 3.05) is 0 Å². The molecule has 0 aliphatic carbocycles. The van der Waals surface area contributed by atoms with E-state index in [1.807, 2.05) is 0 Å². The lowest BCUT2D eigenvalue weighted by Crippen LogP contribution is -2.31. The zero-order chi connectivity index (χ0) is 19.2. The number of para-hydroxylation sites is 2. The molecule has 0 radical (unpaired) electrons. The molecule has 1 aromatic heterocycles. The predicted octanol–water partition coefficient (Wildman–Crippen LogP) is 6.13. The second kappa shape index (κ2) is 6.90. The molecule has 0 unspecified atom stereocenters. The Balaban J connectivity index is 2.47. The highest BCUT2D eigenvalue weighted by Crippen LogP contribution is 2.36. The van der Waals surface area contributed by atoms with Gasteiger partial charge in [0.15, 0.2) is 11.0 Å². The number of hydrogen-bond donors (Lipinski definition) is 0. The summed E-state index contributed by atoms with van der Waals surface area (Å²) in [4.78, 5) is 0. The van der Waals surface area contributed by atoms with Crippen LogP contribution >= 0.6 is 0 Å². The molecule has 0 N–H and O–H groups in total. The number of benzene rings is 2. The molecule has 2 aromatic carbocycles. The van der Waals surface area contributed by atoms with Gasteiger partial charge in [-0.15, -0.1) is 0 Å². The first-order valence-corrected chi connectivity index (χ1v) is 9.88. The van der Waals surface area contributed by atoms with Crippen molar-refractivity contribution < 1.29 is 4.57 Å². The van der Waals surface area contributed by atoms with Crippen LogP contribution in [0.4, 0.5) is 0 Å². The van der Waals surface area contributed by atoms with E-state index in [2.05, 4.69) is 101 Å². The summed E-state index contributed by atoms with van der Waals surface area (Å²) in [7, 11) is 2.17. The molecular weight excluding hydrogens is 316 g/mol. The average Bonchev–Trinajstić information content (AvgIpc) is 2.85. The lowest BCUT2D eigenvalue weighted by Gasteiger charge is -2.21. The monoisotopic (exact) mass is 349 g/mol. The highest BCUT2D eigenvalue weighted by molar-refractivity contribution is 5.76. The molecule has 2 nitrogen and oxygen atoms in total. The van der Waals surface area contributed by atoms with Crippen LogP contribution in [0.2, 0.25) is 0 Å². The van der Waals surface area contributed by atoms with Gasteiger partial charge in [0.05, 0.1) is 7.05 Å². The van der Waals surface area contributed by atoms with Crippen LogP contribution in [0.1, 0.15) is 81.8 Å². The largest absolute Gasteiger partial charge is 0.259 e. The average molecular weight is 350 g/mol. The summed E-state index contributed by atoms with van der Waals surface area (Å²) in [6.45, 7) is 16.1. The van der Waals surface area contributed by atoms with E-state index >= 15 is 0 Å². The molecule has 0 spiro atoms. The number of aryl methyl sites for hydroxylation is 1. The van der Waals surface area contributed by atoms with Gasteiger partial charge < -0.3 is 0 Å². The molecule has 0 amide bonds. The van der Waals surface area contributed by atoms with Gasteiger partial charge in [-0.2, -0.15) is 4.57 Å². The smallest absolute Gasteiger partial charge is 0.230 e. The molecule has 0 atom stereocenters. The molecule has 26 heavy (non-hydrogen) atoms. The van der Waals surface area contributed by atoms with Crippen LogP contribution in [0.3, 0.4) is 0 Å². The zero-order valence-corrected chi connectivity index (χ0v) is 17.6. The fourth-order valence-corrected chi connectivity index (χ4v) is 3.89. The predicted molar refractivity (Wildman–Crippen MR) is 111 cm³/mol. The summed E-state index contributed by atoms with van der Waals surface area (Å²) in [5, 5.41) is 0. The molecule has 0 aliphatic rings. The van der Waals surface area contributed by atoms with Gasteiger partial charge >= 0.3 is 0 Å². The molecular formula is C24H33N2+. The molecule has 0 saturated heterocycles. The molecule has 3 rings (SSSR count). The Morgan fingerprint density at radius 2 is 1.35 bits per heavy atom. The van der Waals surface area contributed by atoms with Crippen molar-refractivity contribution in [3.63, 3.8) is 0 Å². The summed E-state index contributed by atoms with van der Waals surface area (Å²) in [5.74, 6) is 2.77. The van der Waals surface area contributed by atoms with Crippen molar-refractivity contribution in [2.45, 2.75) is 66.2 Å². The zero-order valence-electron chi connectivity index (χ0n) is 17.6. The van der Waals surface area contributed by atoms with Gasteiger partial charge in [-0.3, -0.25) is 0 Å². The van der Waals surface area contributed by atoms with Gasteiger partial charge in [-0.05, 0) is 35.4 Å². The van der Waals surface area contributed by atoms with Gasteiger partial charge in [0.2, 0.25) is 0 Å². The van der Waals surface area contributed by atoms with E-state index in [0.29, 0.717) is 17.8 Å². The topological polar surface area (TPSA) is 8.81 Å². The number of aromatic nitrogens is 2. The second-order valence-electron chi connectivity index (χ2n) is 8.44. The highest BCUT2D eigenvalue weighted by Gasteiger charge is 2.27. The van der Waals surface area contributed by atoms with E-state index in [1.165, 1.54) is 39.2 Å². The summed E-state index contributed by atoms with van der Waals surface area (Å²) in [5.41, 5.74) is 8.29. The maximum absolute atomic E-state index is 2.48. The van der Waals surface area contributed by atoms with E-state index in [9.17, 15) is 0 Å². The quantitative estimate of drug-likeness (QED) is 0.501. The minimum absolute atomic E-state index is 0.479. The molecule has 138 valence electrons. The lowest BCUT2D eigenvalue weighted by molar-refractivity contribution is -0.652. The highest BCUT2D eigenvalue weighted by atomic mass is 15.2. The molecule has 0 saturated carbocycles. The molecule has 0 aliphatic heterocycles. The fourth-order valence-electron chi connectivity index (χ4n) is 3.89. The summed E-state index contributed by atoms with van der Waals surface area (Å²) >= 11 is 0. The van der Waals surface area contributed by atoms with Crippen LogP contribution in [-0.4, -0.2) is 4.57 Å². The Hall–Kier alpha value is -2.09. The first-order valence-electron chi connectivity index (χ1n) is 9.88. The van der Waals surface area contributed by atoms with Crippen molar-refractivity contribution >= 4 is 11.0 Å². The van der Waals surface area contributed by atoms with E-state index in [-0.39, 0.29) is 0 Å². The first kappa shape index (κ1) is 18.7. The van der Waals surface area contributed by atoms with Gasteiger partial charge in [0.25, 0.3) is 5.82 Å². The summed E-state index contributed by atoms with van der Waals surface area (Å²) in [6, 6.07) is 13.6. The number of fused-ring (bicyclic) bond motifs is 1. The minimum Gasteiger partial charge on any atom is -0.230 e. The van der Waals surface area contributed by atoms with Crippen molar-refractivity contribution in [1.29, 1.82) is 0 Å². The summed E-state index contributed by atoms with van der Waals surface area (Å²) in [6.07, 6.45) is 0. The maximum atomic E-state index is 2.48. The van der Waals surface area contributed by atoms with Crippen molar-refractivity contribution in [2.24, 2.45) is 7.05 Å². The molecule has 1 heterocycles. The van der Waals surface area contributed by atoms with E-state index in [0.717, 1.165) is 0 Å². The van der Waals surface area contributed by atoms with Crippen LogP contribution in [0.15, 0.2) is 36.4 Å². The van der Waals surface area contributed by atoms with Crippen molar-refractivity contribution in [3.05, 3.63) is 58.9 Å².